The van der Waals surface area contributed by atoms with E-state index in [9.17, 15) is 0 Å². The van der Waals surface area contributed by atoms with Crippen molar-refractivity contribution in [3.05, 3.63) is 170 Å². The highest BCUT2D eigenvalue weighted by Gasteiger charge is 2.17. The fraction of sp³-hybridized carbons (Fsp3) is 0. The standard InChI is InChI=1S/C46H28/c1-2-12-30-25-33(22-21-29(30)11-1)42-26-31-13-3-4-14-32(31)27-43(42)34-23-24-38-37-17-7-9-19-40(37)45-39-18-8-5-15-35(39)36-16-6-10-20-41(36)46(45)44(38)28-34/h1-28H. The Kier molecular flexibility index (Phi) is 5.38. The van der Waals surface area contributed by atoms with Crippen LogP contribution in [0, 0.1) is 0 Å². The quantitative estimate of drug-likeness (QED) is 0.178. The van der Waals surface area contributed by atoms with Gasteiger partial charge in [-0.15, -0.1) is 0 Å². The molecule has 10 aromatic carbocycles. The normalized spacial score (nSPS) is 11.9. The molecule has 10 rings (SSSR count). The second-order valence-electron chi connectivity index (χ2n) is 12.5. The van der Waals surface area contributed by atoms with Gasteiger partial charge in [-0.2, -0.15) is 0 Å². The number of fused-ring (bicyclic) bond motifs is 13. The zero-order valence-electron chi connectivity index (χ0n) is 25.2. The van der Waals surface area contributed by atoms with Crippen LogP contribution in [0.2, 0.25) is 0 Å². The molecule has 0 nitrogen and oxygen atoms in total. The van der Waals surface area contributed by atoms with E-state index in [1.807, 2.05) is 0 Å². The van der Waals surface area contributed by atoms with Gasteiger partial charge < -0.3 is 0 Å². The van der Waals surface area contributed by atoms with Gasteiger partial charge in [0.05, 0.1) is 0 Å². The SMILES string of the molecule is c1ccc2cc(-c3cc4ccccc4cc3-c3ccc4c5ccccc5c5c6ccccc6c6ccccc6c5c4c3)ccc2c1. The molecule has 0 spiro atoms. The average Bonchev–Trinajstić information content (AvgIpc) is 3.13. The largest absolute Gasteiger partial charge is 0.0616 e. The molecule has 0 amide bonds. The van der Waals surface area contributed by atoms with Gasteiger partial charge in [0.1, 0.15) is 0 Å². The Balaban J connectivity index is 1.36. The number of rotatable bonds is 2. The van der Waals surface area contributed by atoms with Crippen molar-refractivity contribution in [2.45, 2.75) is 0 Å². The molecule has 212 valence electrons. The summed E-state index contributed by atoms with van der Waals surface area (Å²) in [6.45, 7) is 0. The Hall–Kier alpha value is -5.98. The molecular weight excluding hydrogens is 553 g/mol. The van der Waals surface area contributed by atoms with Crippen LogP contribution in [0.4, 0.5) is 0 Å². The number of hydrogen-bond acceptors (Lipinski definition) is 0. The predicted octanol–water partition coefficient (Wildman–Crippen LogP) is 13.1. The van der Waals surface area contributed by atoms with E-state index in [2.05, 4.69) is 170 Å². The zero-order chi connectivity index (χ0) is 30.2. The molecule has 0 heterocycles. The van der Waals surface area contributed by atoms with E-state index in [0.29, 0.717) is 0 Å². The molecule has 0 saturated heterocycles. The van der Waals surface area contributed by atoms with Crippen molar-refractivity contribution in [1.29, 1.82) is 0 Å². The van der Waals surface area contributed by atoms with E-state index in [0.717, 1.165) is 0 Å². The van der Waals surface area contributed by atoms with Crippen molar-refractivity contribution < 1.29 is 0 Å². The van der Waals surface area contributed by atoms with Gasteiger partial charge in [-0.05, 0) is 122 Å². The van der Waals surface area contributed by atoms with Gasteiger partial charge >= 0.3 is 0 Å². The molecule has 0 fully saturated rings. The summed E-state index contributed by atoms with van der Waals surface area (Å²) in [7, 11) is 0. The third-order valence-electron chi connectivity index (χ3n) is 9.97. The van der Waals surface area contributed by atoms with Crippen LogP contribution in [-0.2, 0) is 0 Å². The van der Waals surface area contributed by atoms with E-state index < -0.39 is 0 Å². The highest BCUT2D eigenvalue weighted by molar-refractivity contribution is 6.39. The second kappa shape index (κ2) is 9.76. The Bertz CT molecular complexity index is 2840. The smallest absolute Gasteiger partial charge is 0.00137 e. The van der Waals surface area contributed by atoms with E-state index in [1.165, 1.54) is 97.7 Å². The van der Waals surface area contributed by atoms with Crippen molar-refractivity contribution >= 4 is 75.4 Å². The van der Waals surface area contributed by atoms with Crippen molar-refractivity contribution in [3.8, 4) is 22.3 Å². The third-order valence-corrected chi connectivity index (χ3v) is 9.97. The summed E-state index contributed by atoms with van der Waals surface area (Å²) in [4.78, 5) is 0. The fourth-order valence-electron chi connectivity index (χ4n) is 7.87. The van der Waals surface area contributed by atoms with Gasteiger partial charge in [0.2, 0.25) is 0 Å². The molecular formula is C46H28. The lowest BCUT2D eigenvalue weighted by Crippen LogP contribution is -1.91. The summed E-state index contributed by atoms with van der Waals surface area (Å²) in [6, 6.07) is 62.9. The first-order valence-corrected chi connectivity index (χ1v) is 16.0. The maximum absolute atomic E-state index is 2.46. The maximum atomic E-state index is 2.46. The predicted molar refractivity (Wildman–Crippen MR) is 200 cm³/mol. The molecule has 46 heavy (non-hydrogen) atoms. The molecule has 0 heteroatoms. The molecule has 0 N–H and O–H groups in total. The van der Waals surface area contributed by atoms with Crippen LogP contribution >= 0.6 is 0 Å². The monoisotopic (exact) mass is 580 g/mol. The molecule has 0 aliphatic rings. The topological polar surface area (TPSA) is 0 Å². The zero-order valence-corrected chi connectivity index (χ0v) is 25.2. The molecule has 0 radical (unpaired) electrons. The lowest BCUT2D eigenvalue weighted by atomic mass is 9.85. The Morgan fingerprint density at radius 1 is 0.217 bits per heavy atom. The minimum absolute atomic E-state index is 1.23. The Labute approximate surface area is 266 Å². The highest BCUT2D eigenvalue weighted by Crippen LogP contribution is 2.45. The molecule has 0 unspecified atom stereocenters. The summed E-state index contributed by atoms with van der Waals surface area (Å²) < 4.78 is 0. The first-order valence-electron chi connectivity index (χ1n) is 16.0. The van der Waals surface area contributed by atoms with E-state index in [-0.39, 0.29) is 0 Å². The lowest BCUT2D eigenvalue weighted by molar-refractivity contribution is 1.64. The van der Waals surface area contributed by atoms with Crippen LogP contribution in [0.5, 0.6) is 0 Å². The number of benzene rings is 10. The maximum Gasteiger partial charge on any atom is -0.00137 e. The van der Waals surface area contributed by atoms with Gasteiger partial charge in [0.15, 0.2) is 0 Å². The van der Waals surface area contributed by atoms with Crippen molar-refractivity contribution in [2.75, 3.05) is 0 Å². The van der Waals surface area contributed by atoms with Crippen LogP contribution < -0.4 is 0 Å². The first kappa shape index (κ1) is 25.4. The molecule has 0 bridgehead atoms. The van der Waals surface area contributed by atoms with Crippen LogP contribution in [0.15, 0.2) is 170 Å². The molecule has 0 atom stereocenters. The molecule has 0 saturated carbocycles. The Morgan fingerprint density at radius 2 is 0.587 bits per heavy atom. The summed E-state index contributed by atoms with van der Waals surface area (Å²) in [5, 5.41) is 18.1. The lowest BCUT2D eigenvalue weighted by Gasteiger charge is -2.18. The summed E-state index contributed by atoms with van der Waals surface area (Å²) >= 11 is 0. The van der Waals surface area contributed by atoms with Crippen molar-refractivity contribution in [1.82, 2.24) is 0 Å². The average molecular weight is 581 g/mol. The van der Waals surface area contributed by atoms with Gasteiger partial charge in [0.25, 0.3) is 0 Å². The highest BCUT2D eigenvalue weighted by atomic mass is 14.2. The summed E-state index contributed by atoms with van der Waals surface area (Å²) in [5.74, 6) is 0. The van der Waals surface area contributed by atoms with E-state index in [4.69, 9.17) is 0 Å². The minimum atomic E-state index is 1.23. The van der Waals surface area contributed by atoms with Crippen LogP contribution in [0.1, 0.15) is 0 Å². The van der Waals surface area contributed by atoms with Gasteiger partial charge in [-0.25, -0.2) is 0 Å². The van der Waals surface area contributed by atoms with Gasteiger partial charge in [-0.3, -0.25) is 0 Å². The molecule has 0 aliphatic carbocycles. The third kappa shape index (κ3) is 3.68. The number of hydrogen-bond donors (Lipinski definition) is 0. The van der Waals surface area contributed by atoms with E-state index >= 15 is 0 Å². The summed E-state index contributed by atoms with van der Waals surface area (Å²) in [5.41, 5.74) is 4.97. The van der Waals surface area contributed by atoms with Gasteiger partial charge in [0, 0.05) is 0 Å². The molecule has 0 aromatic heterocycles. The van der Waals surface area contributed by atoms with Gasteiger partial charge in [-0.1, -0.05) is 146 Å². The summed E-state index contributed by atoms with van der Waals surface area (Å²) in [6.07, 6.45) is 0. The van der Waals surface area contributed by atoms with Crippen LogP contribution in [0.3, 0.4) is 0 Å². The van der Waals surface area contributed by atoms with Crippen molar-refractivity contribution in [3.63, 3.8) is 0 Å². The molecule has 10 aromatic rings. The van der Waals surface area contributed by atoms with E-state index in [1.54, 1.807) is 0 Å². The first-order chi connectivity index (χ1) is 22.8. The van der Waals surface area contributed by atoms with Crippen molar-refractivity contribution in [2.24, 2.45) is 0 Å². The second-order valence-corrected chi connectivity index (χ2v) is 12.5. The minimum Gasteiger partial charge on any atom is -0.0616 e. The molecule has 0 aliphatic heterocycles. The fourth-order valence-corrected chi connectivity index (χ4v) is 7.87. The Morgan fingerprint density at radius 3 is 1.13 bits per heavy atom. The van der Waals surface area contributed by atoms with Crippen LogP contribution in [0.25, 0.3) is 97.7 Å². The van der Waals surface area contributed by atoms with Crippen LogP contribution in [-0.4, -0.2) is 0 Å².